The Morgan fingerprint density at radius 1 is 1.03 bits per heavy atom. The van der Waals surface area contributed by atoms with Crippen molar-refractivity contribution in [1.29, 1.82) is 0 Å². The van der Waals surface area contributed by atoms with Crippen LogP contribution in [0.1, 0.15) is 24.2 Å². The first kappa shape index (κ1) is 19.9. The standard InChI is InChI=1S/C25H29N3O3/c1-27-12-14-28(15-13-27)19-8-6-18(7-9-19)26-25(29)17-30-20-10-11-24-22(16-20)21-4-2-3-5-23(21)31-24/h6-11,16H,2-5,12-15,17H2,1H3,(H,26,29). The highest BCUT2D eigenvalue weighted by Crippen LogP contribution is 2.34. The van der Waals surface area contributed by atoms with Crippen molar-refractivity contribution in [2.45, 2.75) is 25.7 Å². The molecule has 162 valence electrons. The lowest BCUT2D eigenvalue weighted by atomic mass is 9.96. The molecule has 0 bridgehead atoms. The van der Waals surface area contributed by atoms with E-state index in [-0.39, 0.29) is 12.5 Å². The Morgan fingerprint density at radius 2 is 1.81 bits per heavy atom. The van der Waals surface area contributed by atoms with Crippen LogP contribution in [0.3, 0.4) is 0 Å². The molecule has 1 aliphatic heterocycles. The van der Waals surface area contributed by atoms with Crippen molar-refractivity contribution >= 4 is 28.3 Å². The van der Waals surface area contributed by atoms with Gasteiger partial charge in [-0.15, -0.1) is 0 Å². The Morgan fingerprint density at radius 3 is 2.61 bits per heavy atom. The third kappa shape index (κ3) is 4.39. The number of fused-ring (bicyclic) bond motifs is 3. The van der Waals surface area contributed by atoms with Gasteiger partial charge in [0, 0.05) is 54.9 Å². The lowest BCUT2D eigenvalue weighted by molar-refractivity contribution is -0.118. The molecule has 3 aromatic rings. The number of carbonyl (C=O) groups excluding carboxylic acids is 1. The highest BCUT2D eigenvalue weighted by atomic mass is 16.5. The number of rotatable bonds is 5. The molecule has 2 aliphatic rings. The summed E-state index contributed by atoms with van der Waals surface area (Å²) in [6.07, 6.45) is 4.45. The summed E-state index contributed by atoms with van der Waals surface area (Å²) in [6, 6.07) is 13.9. The fourth-order valence-corrected chi connectivity index (χ4v) is 4.50. The van der Waals surface area contributed by atoms with Crippen molar-refractivity contribution in [3.8, 4) is 5.75 Å². The fraction of sp³-hybridized carbons (Fsp3) is 0.400. The third-order valence-corrected chi connectivity index (χ3v) is 6.32. The van der Waals surface area contributed by atoms with Gasteiger partial charge in [0.2, 0.25) is 0 Å². The maximum absolute atomic E-state index is 12.4. The van der Waals surface area contributed by atoms with Crippen LogP contribution in [0.2, 0.25) is 0 Å². The number of nitrogens with one attached hydrogen (secondary N) is 1. The second-order valence-corrected chi connectivity index (χ2v) is 8.54. The highest BCUT2D eigenvalue weighted by molar-refractivity contribution is 5.92. The molecule has 31 heavy (non-hydrogen) atoms. The molecule has 0 unspecified atom stereocenters. The number of furan rings is 1. The van der Waals surface area contributed by atoms with E-state index in [9.17, 15) is 4.79 Å². The van der Waals surface area contributed by atoms with E-state index in [1.807, 2.05) is 30.3 Å². The maximum atomic E-state index is 12.4. The van der Waals surface area contributed by atoms with Crippen molar-refractivity contribution in [3.63, 3.8) is 0 Å². The quantitative estimate of drug-likeness (QED) is 0.675. The molecule has 1 amide bonds. The van der Waals surface area contributed by atoms with Gasteiger partial charge >= 0.3 is 0 Å². The topological polar surface area (TPSA) is 58.0 Å². The molecule has 2 heterocycles. The molecule has 1 saturated heterocycles. The summed E-state index contributed by atoms with van der Waals surface area (Å²) < 4.78 is 11.7. The van der Waals surface area contributed by atoms with Crippen molar-refractivity contribution in [3.05, 3.63) is 53.8 Å². The number of anilines is 2. The number of hydrogen-bond donors (Lipinski definition) is 1. The average Bonchev–Trinajstić information content (AvgIpc) is 3.17. The van der Waals surface area contributed by atoms with Crippen LogP contribution in [0, 0.1) is 0 Å². The summed E-state index contributed by atoms with van der Waals surface area (Å²) >= 11 is 0. The number of amides is 1. The van der Waals surface area contributed by atoms with Gasteiger partial charge in [0.15, 0.2) is 6.61 Å². The Kier molecular flexibility index (Phi) is 5.55. The molecule has 2 aromatic carbocycles. The molecule has 6 nitrogen and oxygen atoms in total. The molecule has 1 fully saturated rings. The largest absolute Gasteiger partial charge is 0.484 e. The molecule has 1 aliphatic carbocycles. The highest BCUT2D eigenvalue weighted by Gasteiger charge is 2.18. The summed E-state index contributed by atoms with van der Waals surface area (Å²) in [5.41, 5.74) is 4.19. The summed E-state index contributed by atoms with van der Waals surface area (Å²) in [7, 11) is 2.15. The summed E-state index contributed by atoms with van der Waals surface area (Å²) in [5, 5.41) is 4.04. The minimum atomic E-state index is -0.165. The number of benzene rings is 2. The average molecular weight is 420 g/mol. The predicted molar refractivity (Wildman–Crippen MR) is 123 cm³/mol. The van der Waals surface area contributed by atoms with Gasteiger partial charge in [-0.2, -0.15) is 0 Å². The number of hydrogen-bond acceptors (Lipinski definition) is 5. The zero-order valence-corrected chi connectivity index (χ0v) is 18.0. The van der Waals surface area contributed by atoms with Crippen molar-refractivity contribution in [2.75, 3.05) is 50.1 Å². The maximum Gasteiger partial charge on any atom is 0.262 e. The first-order valence-electron chi connectivity index (χ1n) is 11.2. The van der Waals surface area contributed by atoms with Crippen LogP contribution >= 0.6 is 0 Å². The Bertz CT molecular complexity index is 1070. The van der Waals surface area contributed by atoms with Crippen LogP contribution in [-0.4, -0.2) is 50.6 Å². The predicted octanol–water partition coefficient (Wildman–Crippen LogP) is 4.08. The first-order chi connectivity index (χ1) is 15.2. The monoisotopic (exact) mass is 419 g/mol. The Labute approximate surface area is 182 Å². The molecule has 0 radical (unpaired) electrons. The SMILES string of the molecule is CN1CCN(c2ccc(NC(=O)COc3ccc4oc5c(c4c3)CCCC5)cc2)CC1. The number of nitrogens with zero attached hydrogens (tertiary/aromatic N) is 2. The van der Waals surface area contributed by atoms with Gasteiger partial charge in [-0.1, -0.05) is 0 Å². The lowest BCUT2D eigenvalue weighted by Crippen LogP contribution is -2.44. The second-order valence-electron chi connectivity index (χ2n) is 8.54. The second kappa shape index (κ2) is 8.63. The van der Waals surface area contributed by atoms with Gasteiger partial charge in [0.1, 0.15) is 17.1 Å². The van der Waals surface area contributed by atoms with Gasteiger partial charge < -0.3 is 24.3 Å². The molecule has 0 spiro atoms. The summed E-state index contributed by atoms with van der Waals surface area (Å²) in [5.74, 6) is 1.64. The van der Waals surface area contributed by atoms with E-state index in [2.05, 4.69) is 34.3 Å². The van der Waals surface area contributed by atoms with Gasteiger partial charge in [-0.3, -0.25) is 4.79 Å². The Hall–Kier alpha value is -2.99. The van der Waals surface area contributed by atoms with Gasteiger partial charge in [-0.05, 0) is 68.8 Å². The number of likely N-dealkylation sites (N-methyl/N-ethyl adjacent to an activating group) is 1. The normalized spacial score (nSPS) is 16.9. The number of ether oxygens (including phenoxy) is 1. The lowest BCUT2D eigenvalue weighted by Gasteiger charge is -2.34. The van der Waals surface area contributed by atoms with Gasteiger partial charge in [0.25, 0.3) is 5.91 Å². The molecule has 0 atom stereocenters. The minimum Gasteiger partial charge on any atom is -0.484 e. The van der Waals surface area contributed by atoms with Crippen molar-refractivity contribution in [1.82, 2.24) is 4.90 Å². The molecule has 5 rings (SSSR count). The van der Waals surface area contributed by atoms with Crippen molar-refractivity contribution < 1.29 is 13.9 Å². The molecule has 6 heteroatoms. The zero-order valence-electron chi connectivity index (χ0n) is 18.0. The minimum absolute atomic E-state index is 0.0221. The van der Waals surface area contributed by atoms with E-state index in [1.54, 1.807) is 0 Å². The van der Waals surface area contributed by atoms with E-state index in [4.69, 9.17) is 9.15 Å². The van der Waals surface area contributed by atoms with E-state index < -0.39 is 0 Å². The van der Waals surface area contributed by atoms with Crippen LogP contribution in [0.5, 0.6) is 5.75 Å². The van der Waals surface area contributed by atoms with Crippen LogP contribution in [0.15, 0.2) is 46.9 Å². The smallest absolute Gasteiger partial charge is 0.262 e. The van der Waals surface area contributed by atoms with Crippen LogP contribution in [-0.2, 0) is 17.6 Å². The number of carbonyl (C=O) groups is 1. The van der Waals surface area contributed by atoms with E-state index in [0.717, 1.165) is 61.4 Å². The van der Waals surface area contributed by atoms with Crippen molar-refractivity contribution in [2.24, 2.45) is 0 Å². The number of piperazine rings is 1. The summed E-state index contributed by atoms with van der Waals surface area (Å²) in [6.45, 7) is 4.18. The molecule has 1 N–H and O–H groups in total. The van der Waals surface area contributed by atoms with Gasteiger partial charge in [-0.25, -0.2) is 0 Å². The molecular formula is C25H29N3O3. The van der Waals surface area contributed by atoms with Crippen LogP contribution < -0.4 is 15.0 Å². The van der Waals surface area contributed by atoms with Crippen LogP contribution in [0.25, 0.3) is 11.0 Å². The zero-order chi connectivity index (χ0) is 21.2. The fourth-order valence-electron chi connectivity index (χ4n) is 4.50. The molecular weight excluding hydrogens is 390 g/mol. The third-order valence-electron chi connectivity index (χ3n) is 6.32. The molecule has 1 aromatic heterocycles. The van der Waals surface area contributed by atoms with E-state index >= 15 is 0 Å². The number of aryl methyl sites for hydroxylation is 2. The van der Waals surface area contributed by atoms with E-state index in [1.165, 1.54) is 24.1 Å². The van der Waals surface area contributed by atoms with E-state index in [0.29, 0.717) is 5.75 Å². The van der Waals surface area contributed by atoms with Gasteiger partial charge in [0.05, 0.1) is 0 Å². The Balaban J connectivity index is 1.17. The first-order valence-corrected chi connectivity index (χ1v) is 11.2. The molecule has 0 saturated carbocycles. The summed E-state index contributed by atoms with van der Waals surface area (Å²) in [4.78, 5) is 17.1. The van der Waals surface area contributed by atoms with Crippen LogP contribution in [0.4, 0.5) is 11.4 Å².